The van der Waals surface area contributed by atoms with E-state index in [9.17, 15) is 9.59 Å². The predicted molar refractivity (Wildman–Crippen MR) is 117 cm³/mol. The first-order valence-electron chi connectivity index (χ1n) is 10.2. The second-order valence-electron chi connectivity index (χ2n) is 7.64. The smallest absolute Gasteiger partial charge is 0.253 e. The number of benzene rings is 1. The van der Waals surface area contributed by atoms with Crippen molar-refractivity contribution in [2.24, 2.45) is 7.05 Å². The van der Waals surface area contributed by atoms with Crippen molar-refractivity contribution in [2.75, 3.05) is 6.54 Å². The van der Waals surface area contributed by atoms with Crippen molar-refractivity contribution in [3.8, 4) is 0 Å². The van der Waals surface area contributed by atoms with Crippen LogP contribution in [0, 0.1) is 13.8 Å². The fourth-order valence-corrected chi connectivity index (χ4v) is 3.99. The molecule has 0 aliphatic carbocycles. The second kappa shape index (κ2) is 8.14. The molecule has 0 fully saturated rings. The van der Waals surface area contributed by atoms with Crippen molar-refractivity contribution in [3.05, 3.63) is 57.3 Å². The largest absolute Gasteiger partial charge is 0.356 e. The molecular formula is C22H26N6O2. The lowest BCUT2D eigenvalue weighted by atomic mass is 10.0. The van der Waals surface area contributed by atoms with E-state index >= 15 is 0 Å². The van der Waals surface area contributed by atoms with Crippen LogP contribution >= 0.6 is 0 Å². The Morgan fingerprint density at radius 3 is 2.77 bits per heavy atom. The first-order valence-corrected chi connectivity index (χ1v) is 10.2. The van der Waals surface area contributed by atoms with Crippen molar-refractivity contribution in [2.45, 2.75) is 39.5 Å². The van der Waals surface area contributed by atoms with Crippen LogP contribution in [0.4, 0.5) is 0 Å². The quantitative estimate of drug-likeness (QED) is 0.410. The number of para-hydroxylation sites is 2. The molecule has 8 nitrogen and oxygen atoms in total. The predicted octanol–water partition coefficient (Wildman–Crippen LogP) is 2.44. The van der Waals surface area contributed by atoms with Crippen molar-refractivity contribution >= 4 is 28.0 Å². The number of nitrogens with zero attached hydrogens (tertiary/aromatic N) is 3. The zero-order valence-corrected chi connectivity index (χ0v) is 17.5. The number of aromatic nitrogens is 5. The van der Waals surface area contributed by atoms with E-state index < -0.39 is 0 Å². The number of hydrogen-bond donors (Lipinski definition) is 3. The highest BCUT2D eigenvalue weighted by Gasteiger charge is 2.15. The molecule has 1 amide bonds. The van der Waals surface area contributed by atoms with E-state index in [2.05, 4.69) is 25.4 Å². The Balaban J connectivity index is 1.30. The van der Waals surface area contributed by atoms with Gasteiger partial charge in [0.2, 0.25) is 5.91 Å². The van der Waals surface area contributed by atoms with Crippen LogP contribution in [0.5, 0.6) is 0 Å². The van der Waals surface area contributed by atoms with Gasteiger partial charge >= 0.3 is 0 Å². The minimum Gasteiger partial charge on any atom is -0.356 e. The number of rotatable bonds is 7. The van der Waals surface area contributed by atoms with Gasteiger partial charge in [-0.3, -0.25) is 14.3 Å². The summed E-state index contributed by atoms with van der Waals surface area (Å²) in [6.45, 7) is 4.42. The van der Waals surface area contributed by atoms with Crippen molar-refractivity contribution in [1.82, 2.24) is 30.0 Å². The first-order chi connectivity index (χ1) is 14.4. The van der Waals surface area contributed by atoms with Crippen LogP contribution in [0.15, 0.2) is 29.1 Å². The molecule has 30 heavy (non-hydrogen) atoms. The summed E-state index contributed by atoms with van der Waals surface area (Å²) < 4.78 is 1.68. The molecule has 1 aromatic carbocycles. The number of aryl methyl sites for hydroxylation is 4. The molecule has 0 saturated carbocycles. The molecule has 0 bridgehead atoms. The molecule has 0 radical (unpaired) electrons. The molecule has 8 heteroatoms. The van der Waals surface area contributed by atoms with E-state index in [-0.39, 0.29) is 17.9 Å². The van der Waals surface area contributed by atoms with E-state index in [1.165, 1.54) is 0 Å². The van der Waals surface area contributed by atoms with Gasteiger partial charge in [0.1, 0.15) is 11.5 Å². The molecule has 0 unspecified atom stereocenters. The lowest BCUT2D eigenvalue weighted by molar-refractivity contribution is -0.121. The molecule has 0 aliphatic heterocycles. The minimum absolute atomic E-state index is 0.0542. The molecule has 0 aliphatic rings. The van der Waals surface area contributed by atoms with Gasteiger partial charge in [-0.15, -0.1) is 0 Å². The Labute approximate surface area is 173 Å². The van der Waals surface area contributed by atoms with Gasteiger partial charge in [0.25, 0.3) is 5.56 Å². The molecule has 3 N–H and O–H groups in total. The van der Waals surface area contributed by atoms with Crippen molar-refractivity contribution < 1.29 is 4.79 Å². The summed E-state index contributed by atoms with van der Waals surface area (Å²) >= 11 is 0. The fourth-order valence-electron chi connectivity index (χ4n) is 3.99. The number of carbonyl (C=O) groups excluding carboxylic acids is 1. The fraction of sp³-hybridized carbons (Fsp3) is 0.364. The van der Waals surface area contributed by atoms with Crippen LogP contribution in [-0.2, 0) is 24.7 Å². The van der Waals surface area contributed by atoms with Gasteiger partial charge in [-0.05, 0) is 44.4 Å². The molecule has 4 rings (SSSR count). The highest BCUT2D eigenvalue weighted by atomic mass is 16.1. The Hall–Kier alpha value is -3.42. The van der Waals surface area contributed by atoms with E-state index in [0.29, 0.717) is 24.2 Å². The third-order valence-corrected chi connectivity index (χ3v) is 5.51. The Kier molecular flexibility index (Phi) is 5.39. The maximum atomic E-state index is 12.5. The monoisotopic (exact) mass is 406 g/mol. The summed E-state index contributed by atoms with van der Waals surface area (Å²) in [5, 5.41) is 8.27. The molecule has 0 spiro atoms. The SMILES string of the molecule is Cc1nn(C)c2[nH]c(=O)c(CCC(=O)NCCCc3nc4ccccc4[nH]3)c(C)c12. The number of pyridine rings is 1. The zero-order valence-electron chi connectivity index (χ0n) is 17.5. The van der Waals surface area contributed by atoms with Crippen LogP contribution < -0.4 is 10.9 Å². The molecule has 4 aromatic rings. The number of amides is 1. The molecule has 0 saturated heterocycles. The van der Waals surface area contributed by atoms with Gasteiger partial charge in [-0.2, -0.15) is 5.10 Å². The number of carbonyl (C=O) groups is 1. The molecular weight excluding hydrogens is 380 g/mol. The van der Waals surface area contributed by atoms with Gasteiger partial charge in [-0.1, -0.05) is 12.1 Å². The summed E-state index contributed by atoms with van der Waals surface area (Å²) in [4.78, 5) is 35.5. The Morgan fingerprint density at radius 1 is 1.17 bits per heavy atom. The van der Waals surface area contributed by atoms with E-state index in [0.717, 1.165) is 46.3 Å². The number of imidazole rings is 1. The summed E-state index contributed by atoms with van der Waals surface area (Å²) in [7, 11) is 1.81. The molecule has 3 heterocycles. The van der Waals surface area contributed by atoms with E-state index in [1.54, 1.807) is 4.68 Å². The van der Waals surface area contributed by atoms with Crippen LogP contribution in [0.25, 0.3) is 22.1 Å². The van der Waals surface area contributed by atoms with Gasteiger partial charge in [-0.25, -0.2) is 4.98 Å². The standard InChI is InChI=1S/C22H26N6O2/c1-13-15(22(30)26-21-20(13)14(2)27-28(21)3)10-11-19(29)23-12-6-9-18-24-16-7-4-5-8-17(16)25-18/h4-5,7-8H,6,9-12H2,1-3H3,(H,23,29)(H,24,25)(H,26,30). The topological polar surface area (TPSA) is 108 Å². The maximum Gasteiger partial charge on any atom is 0.253 e. The third-order valence-electron chi connectivity index (χ3n) is 5.51. The summed E-state index contributed by atoms with van der Waals surface area (Å²) in [5.74, 6) is 0.870. The zero-order chi connectivity index (χ0) is 21.3. The average molecular weight is 406 g/mol. The minimum atomic E-state index is -0.152. The van der Waals surface area contributed by atoms with Crippen molar-refractivity contribution in [3.63, 3.8) is 0 Å². The van der Waals surface area contributed by atoms with Gasteiger partial charge in [0, 0.05) is 37.4 Å². The first kappa shape index (κ1) is 19.9. The number of aromatic amines is 2. The summed E-state index contributed by atoms with van der Waals surface area (Å²) in [5.41, 5.74) is 4.97. The van der Waals surface area contributed by atoms with E-state index in [4.69, 9.17) is 0 Å². The molecule has 3 aromatic heterocycles. The number of hydrogen-bond acceptors (Lipinski definition) is 4. The van der Waals surface area contributed by atoms with Crippen LogP contribution in [-0.4, -0.2) is 37.2 Å². The lowest BCUT2D eigenvalue weighted by Crippen LogP contribution is -2.26. The Bertz CT molecular complexity index is 1250. The van der Waals surface area contributed by atoms with Crippen LogP contribution in [0.2, 0.25) is 0 Å². The average Bonchev–Trinajstić information content (AvgIpc) is 3.25. The van der Waals surface area contributed by atoms with Gasteiger partial charge in [0.05, 0.1) is 16.7 Å². The summed E-state index contributed by atoms with van der Waals surface area (Å²) in [6, 6.07) is 7.92. The van der Waals surface area contributed by atoms with Gasteiger partial charge in [0.15, 0.2) is 0 Å². The van der Waals surface area contributed by atoms with E-state index in [1.807, 2.05) is 45.2 Å². The van der Waals surface area contributed by atoms with Crippen LogP contribution in [0.3, 0.4) is 0 Å². The Morgan fingerprint density at radius 2 is 1.97 bits per heavy atom. The highest BCUT2D eigenvalue weighted by Crippen LogP contribution is 2.21. The highest BCUT2D eigenvalue weighted by molar-refractivity contribution is 5.83. The second-order valence-corrected chi connectivity index (χ2v) is 7.64. The molecule has 0 atom stereocenters. The summed E-state index contributed by atoms with van der Waals surface area (Å²) in [6.07, 6.45) is 2.25. The van der Waals surface area contributed by atoms with Crippen LogP contribution in [0.1, 0.15) is 35.5 Å². The third kappa shape index (κ3) is 3.85. The normalized spacial score (nSPS) is 11.4. The van der Waals surface area contributed by atoms with Gasteiger partial charge < -0.3 is 15.3 Å². The number of fused-ring (bicyclic) bond motifs is 2. The molecule has 156 valence electrons. The maximum absolute atomic E-state index is 12.5. The number of nitrogens with one attached hydrogen (secondary N) is 3. The lowest BCUT2D eigenvalue weighted by Gasteiger charge is -2.08. The number of H-pyrrole nitrogens is 2. The van der Waals surface area contributed by atoms with Crippen molar-refractivity contribution in [1.29, 1.82) is 0 Å².